The molecule has 0 spiro atoms. The fourth-order valence-electron chi connectivity index (χ4n) is 3.91. The number of ether oxygens (including phenoxy) is 2. The van der Waals surface area contributed by atoms with Crippen LogP contribution in [0.2, 0.25) is 0 Å². The second kappa shape index (κ2) is 15.5. The number of carboxylic acid groups (broad SMARTS) is 1. The van der Waals surface area contributed by atoms with Crippen molar-refractivity contribution >= 4 is 11.8 Å². The van der Waals surface area contributed by atoms with Crippen LogP contribution in [0.15, 0.2) is 84.9 Å². The van der Waals surface area contributed by atoms with E-state index in [0.717, 1.165) is 0 Å². The summed E-state index contributed by atoms with van der Waals surface area (Å²) in [6, 6.07) is 24.1. The maximum absolute atomic E-state index is 12.9. The highest BCUT2D eigenvalue weighted by Crippen LogP contribution is 2.30. The minimum Gasteiger partial charge on any atom is -0.488 e. The number of nitrogens with zero attached hydrogens (tertiary/aromatic N) is 2. The number of rotatable bonds is 10. The number of para-hydroxylation sites is 2. The highest BCUT2D eigenvalue weighted by atomic mass is 19.3. The third-order valence-corrected chi connectivity index (χ3v) is 5.99. The first-order chi connectivity index (χ1) is 21.0. The summed E-state index contributed by atoms with van der Waals surface area (Å²) in [7, 11) is 0. The highest BCUT2D eigenvalue weighted by Gasteiger charge is 2.15. The Morgan fingerprint density at radius 1 is 0.705 bits per heavy atom. The number of halogens is 4. The molecule has 0 heterocycles. The van der Waals surface area contributed by atoms with Gasteiger partial charge in [-0.1, -0.05) is 24.3 Å². The van der Waals surface area contributed by atoms with Gasteiger partial charge in [0.2, 0.25) is 0 Å². The van der Waals surface area contributed by atoms with Crippen molar-refractivity contribution in [1.82, 2.24) is 0 Å². The van der Waals surface area contributed by atoms with E-state index in [2.05, 4.69) is 0 Å². The maximum atomic E-state index is 12.9. The molecule has 0 atom stereocenters. The minimum absolute atomic E-state index is 0.000463. The van der Waals surface area contributed by atoms with Gasteiger partial charge in [0.05, 0.1) is 40.0 Å². The SMILES string of the molecule is CC(=O)c1cc(C#N)cc(COc2ccccc2C(F)F)c1.N#Cc1cc(COc2ccccc2C(F)F)cc(C(=O)O)c1. The van der Waals surface area contributed by atoms with Crippen LogP contribution in [0.25, 0.3) is 0 Å². The van der Waals surface area contributed by atoms with Crippen LogP contribution in [0.1, 0.15) is 73.9 Å². The van der Waals surface area contributed by atoms with E-state index in [4.69, 9.17) is 25.1 Å². The van der Waals surface area contributed by atoms with Crippen LogP contribution >= 0.6 is 0 Å². The largest absolute Gasteiger partial charge is 0.488 e. The third kappa shape index (κ3) is 9.16. The Balaban J connectivity index is 0.000000240. The quantitative estimate of drug-likeness (QED) is 0.144. The topological polar surface area (TPSA) is 120 Å². The lowest BCUT2D eigenvalue weighted by Gasteiger charge is -2.11. The van der Waals surface area contributed by atoms with Crippen LogP contribution in [0.3, 0.4) is 0 Å². The van der Waals surface area contributed by atoms with Gasteiger partial charge in [-0.25, -0.2) is 22.4 Å². The van der Waals surface area contributed by atoms with Gasteiger partial charge in [-0.2, -0.15) is 10.5 Å². The van der Waals surface area contributed by atoms with Crippen molar-refractivity contribution in [2.45, 2.75) is 33.0 Å². The average molecular weight is 605 g/mol. The van der Waals surface area contributed by atoms with Gasteiger partial charge < -0.3 is 14.6 Å². The molecule has 0 bridgehead atoms. The van der Waals surface area contributed by atoms with Gasteiger partial charge in [0, 0.05) is 5.56 Å². The molecule has 4 aromatic rings. The minimum atomic E-state index is -2.67. The summed E-state index contributed by atoms with van der Waals surface area (Å²) in [6.45, 7) is 1.28. The molecular weight excluding hydrogens is 580 g/mol. The van der Waals surface area contributed by atoms with Gasteiger partial charge in [-0.05, 0) is 78.7 Å². The number of alkyl halides is 4. The van der Waals surface area contributed by atoms with Crippen LogP contribution in [-0.2, 0) is 13.2 Å². The number of Topliss-reactive ketones (excluding diaryl/α,β-unsaturated/α-hetero) is 1. The van der Waals surface area contributed by atoms with E-state index in [-0.39, 0.29) is 52.7 Å². The van der Waals surface area contributed by atoms with E-state index < -0.39 is 18.8 Å². The monoisotopic (exact) mass is 604 g/mol. The second-order valence-corrected chi connectivity index (χ2v) is 9.18. The second-order valence-electron chi connectivity index (χ2n) is 9.18. The molecule has 0 saturated heterocycles. The lowest BCUT2D eigenvalue weighted by Crippen LogP contribution is -2.03. The highest BCUT2D eigenvalue weighted by molar-refractivity contribution is 5.94. The molecule has 0 radical (unpaired) electrons. The number of nitriles is 2. The zero-order chi connectivity index (χ0) is 32.2. The zero-order valence-electron chi connectivity index (χ0n) is 23.1. The van der Waals surface area contributed by atoms with E-state index in [1.807, 2.05) is 12.1 Å². The van der Waals surface area contributed by atoms with Crippen LogP contribution in [0.5, 0.6) is 11.5 Å². The van der Waals surface area contributed by atoms with Crippen LogP contribution in [-0.4, -0.2) is 16.9 Å². The number of ketones is 1. The number of carbonyl (C=O) groups is 2. The summed E-state index contributed by atoms with van der Waals surface area (Å²) in [6.07, 6.45) is -5.30. The molecule has 0 unspecified atom stereocenters. The van der Waals surface area contributed by atoms with E-state index in [1.165, 1.54) is 67.6 Å². The fourth-order valence-corrected chi connectivity index (χ4v) is 3.91. The molecule has 0 aromatic heterocycles. The van der Waals surface area contributed by atoms with Crippen molar-refractivity contribution in [2.75, 3.05) is 0 Å². The Bertz CT molecular complexity index is 1600. The normalized spacial score (nSPS) is 10.3. The molecule has 0 aliphatic carbocycles. The number of hydrogen-bond acceptors (Lipinski definition) is 6. The van der Waals surface area contributed by atoms with E-state index in [1.54, 1.807) is 24.3 Å². The fraction of sp³-hybridized carbons (Fsp3) is 0.152. The molecule has 0 amide bonds. The van der Waals surface area contributed by atoms with Crippen molar-refractivity contribution in [3.63, 3.8) is 0 Å². The lowest BCUT2D eigenvalue weighted by molar-refractivity contribution is 0.0696. The number of carbonyl (C=O) groups excluding carboxylic acids is 1. The summed E-state index contributed by atoms with van der Waals surface area (Å²) in [5, 5.41) is 26.8. The molecule has 0 aliphatic rings. The van der Waals surface area contributed by atoms with E-state index in [9.17, 15) is 27.2 Å². The van der Waals surface area contributed by atoms with Gasteiger partial charge in [0.25, 0.3) is 12.9 Å². The molecule has 224 valence electrons. The average Bonchev–Trinajstić information content (AvgIpc) is 3.02. The summed E-state index contributed by atoms with van der Waals surface area (Å²) >= 11 is 0. The van der Waals surface area contributed by atoms with Crippen molar-refractivity contribution in [1.29, 1.82) is 10.5 Å². The van der Waals surface area contributed by atoms with Crippen molar-refractivity contribution in [3.8, 4) is 23.6 Å². The van der Waals surface area contributed by atoms with Crippen LogP contribution < -0.4 is 9.47 Å². The molecule has 4 aromatic carbocycles. The van der Waals surface area contributed by atoms with Crippen molar-refractivity contribution < 1.29 is 41.7 Å². The first-order valence-electron chi connectivity index (χ1n) is 12.8. The predicted molar refractivity (Wildman–Crippen MR) is 151 cm³/mol. The Hall–Kier alpha value is -5.68. The number of benzene rings is 4. The summed E-state index contributed by atoms with van der Waals surface area (Å²) in [5.41, 5.74) is 1.39. The molecule has 1 N–H and O–H groups in total. The molecule has 0 saturated carbocycles. The van der Waals surface area contributed by atoms with Gasteiger partial charge in [0.15, 0.2) is 5.78 Å². The first-order valence-corrected chi connectivity index (χ1v) is 12.8. The molecule has 4 rings (SSSR count). The standard InChI is InChI=1S/C17H13F2NO2.C16H11F2NO3/c1-11(21)14-7-12(9-20)6-13(8-14)10-22-16-5-3-2-4-15(16)17(18)19;17-15(18)13-3-1-2-4-14(13)22-9-11-5-10(8-19)6-12(7-11)16(20)21/h2-8,17H,10H2,1H3;1-7,15H,9H2,(H,20,21). The Labute approximate surface area is 250 Å². The number of hydrogen-bond donors (Lipinski definition) is 1. The molecule has 11 heteroatoms. The smallest absolute Gasteiger partial charge is 0.335 e. The van der Waals surface area contributed by atoms with Gasteiger partial charge in [0.1, 0.15) is 24.7 Å². The first kappa shape index (κ1) is 32.8. The number of aromatic carboxylic acids is 1. The third-order valence-electron chi connectivity index (χ3n) is 5.99. The van der Waals surface area contributed by atoms with E-state index >= 15 is 0 Å². The maximum Gasteiger partial charge on any atom is 0.335 e. The summed E-state index contributed by atoms with van der Waals surface area (Å²) in [5.74, 6) is -1.24. The molecular formula is C33H24F4N2O5. The lowest BCUT2D eigenvalue weighted by atomic mass is 10.0. The zero-order valence-corrected chi connectivity index (χ0v) is 23.1. The Morgan fingerprint density at radius 2 is 1.11 bits per heavy atom. The predicted octanol–water partition coefficient (Wildman–Crippen LogP) is 8.05. The van der Waals surface area contributed by atoms with Crippen LogP contribution in [0.4, 0.5) is 17.6 Å². The van der Waals surface area contributed by atoms with Crippen molar-refractivity contribution in [2.24, 2.45) is 0 Å². The molecule has 44 heavy (non-hydrogen) atoms. The molecule has 7 nitrogen and oxygen atoms in total. The Morgan fingerprint density at radius 3 is 1.50 bits per heavy atom. The van der Waals surface area contributed by atoms with E-state index in [0.29, 0.717) is 22.3 Å². The van der Waals surface area contributed by atoms with Crippen LogP contribution in [0, 0.1) is 22.7 Å². The van der Waals surface area contributed by atoms with Gasteiger partial charge >= 0.3 is 5.97 Å². The molecule has 0 fully saturated rings. The summed E-state index contributed by atoms with van der Waals surface area (Å²) < 4.78 is 62.2. The van der Waals surface area contributed by atoms with Crippen molar-refractivity contribution in [3.05, 3.63) is 129 Å². The van der Waals surface area contributed by atoms with Gasteiger partial charge in [-0.3, -0.25) is 4.79 Å². The number of carboxylic acids is 1. The Kier molecular flexibility index (Phi) is 11.6. The molecule has 0 aliphatic heterocycles. The van der Waals surface area contributed by atoms with Gasteiger partial charge in [-0.15, -0.1) is 0 Å². The summed E-state index contributed by atoms with van der Waals surface area (Å²) in [4.78, 5) is 22.4.